The van der Waals surface area contributed by atoms with E-state index < -0.39 is 17.5 Å². The summed E-state index contributed by atoms with van der Waals surface area (Å²) in [6, 6.07) is 5.89. The number of nitriles is 1. The number of benzene rings is 1. The lowest BCUT2D eigenvalue weighted by atomic mass is 9.92. The number of nitrogens with zero attached hydrogens (tertiary/aromatic N) is 1. The molecule has 0 aromatic heterocycles. The highest BCUT2D eigenvalue weighted by Crippen LogP contribution is 2.25. The fourth-order valence-corrected chi connectivity index (χ4v) is 1.94. The maximum atomic E-state index is 13.7. The number of ether oxygens (including phenoxy) is 1. The maximum Gasteiger partial charge on any atom is 0.166 e. The zero-order valence-electron chi connectivity index (χ0n) is 10.1. The minimum Gasteiger partial charge on any atom is -0.483 e. The third-order valence-electron chi connectivity index (χ3n) is 3.16. The molecular weight excluding hydrogens is 235 g/mol. The SMILES string of the molecule is CC1(O)CCNCC1Oc1ccc(C#N)cc1F. The molecule has 0 saturated carbocycles. The molecule has 1 aliphatic rings. The van der Waals surface area contributed by atoms with Crippen LogP contribution in [0.3, 0.4) is 0 Å². The van der Waals surface area contributed by atoms with Gasteiger partial charge in [0.15, 0.2) is 11.6 Å². The molecule has 18 heavy (non-hydrogen) atoms. The van der Waals surface area contributed by atoms with Crippen LogP contribution >= 0.6 is 0 Å². The molecular formula is C13H15FN2O2. The van der Waals surface area contributed by atoms with Crippen LogP contribution in [0.2, 0.25) is 0 Å². The van der Waals surface area contributed by atoms with Crippen LogP contribution in [0.25, 0.3) is 0 Å². The molecule has 2 atom stereocenters. The Morgan fingerprint density at radius 2 is 2.39 bits per heavy atom. The van der Waals surface area contributed by atoms with E-state index in [1.807, 2.05) is 6.07 Å². The van der Waals surface area contributed by atoms with Gasteiger partial charge in [0.25, 0.3) is 0 Å². The number of halogens is 1. The minimum absolute atomic E-state index is 0.0583. The third-order valence-corrected chi connectivity index (χ3v) is 3.16. The molecule has 2 rings (SSSR count). The first kappa shape index (κ1) is 12.8. The Labute approximate surface area is 105 Å². The van der Waals surface area contributed by atoms with Crippen LogP contribution in [0.4, 0.5) is 4.39 Å². The Balaban J connectivity index is 2.16. The average Bonchev–Trinajstić information content (AvgIpc) is 2.33. The summed E-state index contributed by atoms with van der Waals surface area (Å²) in [6.45, 7) is 2.86. The van der Waals surface area contributed by atoms with Gasteiger partial charge in [-0.15, -0.1) is 0 Å². The van der Waals surface area contributed by atoms with Crippen LogP contribution in [0.15, 0.2) is 18.2 Å². The highest BCUT2D eigenvalue weighted by Gasteiger charge is 2.36. The number of hydrogen-bond acceptors (Lipinski definition) is 4. The van der Waals surface area contributed by atoms with Crippen LogP contribution in [-0.4, -0.2) is 29.9 Å². The van der Waals surface area contributed by atoms with Crippen molar-refractivity contribution in [2.24, 2.45) is 0 Å². The van der Waals surface area contributed by atoms with Gasteiger partial charge in [0.05, 0.1) is 11.6 Å². The van der Waals surface area contributed by atoms with Crippen molar-refractivity contribution < 1.29 is 14.2 Å². The molecule has 0 aliphatic carbocycles. The van der Waals surface area contributed by atoms with Crippen molar-refractivity contribution in [3.63, 3.8) is 0 Å². The molecule has 2 unspecified atom stereocenters. The molecule has 1 aromatic carbocycles. The molecule has 5 heteroatoms. The van der Waals surface area contributed by atoms with Crippen LogP contribution in [0, 0.1) is 17.1 Å². The van der Waals surface area contributed by atoms with E-state index in [1.165, 1.54) is 12.1 Å². The van der Waals surface area contributed by atoms with Crippen molar-refractivity contribution in [2.45, 2.75) is 25.0 Å². The van der Waals surface area contributed by atoms with Crippen molar-refractivity contribution in [2.75, 3.05) is 13.1 Å². The van der Waals surface area contributed by atoms with Gasteiger partial charge in [0, 0.05) is 6.54 Å². The second kappa shape index (κ2) is 4.92. The average molecular weight is 250 g/mol. The second-order valence-electron chi connectivity index (χ2n) is 4.67. The van der Waals surface area contributed by atoms with Gasteiger partial charge >= 0.3 is 0 Å². The zero-order valence-corrected chi connectivity index (χ0v) is 10.1. The van der Waals surface area contributed by atoms with E-state index in [1.54, 1.807) is 6.92 Å². The van der Waals surface area contributed by atoms with Gasteiger partial charge in [0.1, 0.15) is 11.7 Å². The largest absolute Gasteiger partial charge is 0.483 e. The number of piperidine rings is 1. The summed E-state index contributed by atoms with van der Waals surface area (Å²) in [6.07, 6.45) is 0.0453. The van der Waals surface area contributed by atoms with Gasteiger partial charge in [-0.2, -0.15) is 5.26 Å². The Morgan fingerprint density at radius 1 is 1.61 bits per heavy atom. The highest BCUT2D eigenvalue weighted by atomic mass is 19.1. The molecule has 1 aliphatic heterocycles. The van der Waals surface area contributed by atoms with Gasteiger partial charge in [-0.3, -0.25) is 0 Å². The lowest BCUT2D eigenvalue weighted by Crippen LogP contribution is -2.55. The molecule has 1 fully saturated rings. The van der Waals surface area contributed by atoms with E-state index >= 15 is 0 Å². The third kappa shape index (κ3) is 2.61. The summed E-state index contributed by atoms with van der Waals surface area (Å²) in [5, 5.41) is 21.9. The molecule has 0 radical (unpaired) electrons. The molecule has 96 valence electrons. The van der Waals surface area contributed by atoms with E-state index in [0.29, 0.717) is 19.5 Å². The summed E-state index contributed by atoms with van der Waals surface area (Å²) >= 11 is 0. The van der Waals surface area contributed by atoms with Crippen molar-refractivity contribution >= 4 is 0 Å². The van der Waals surface area contributed by atoms with E-state index in [9.17, 15) is 9.50 Å². The Kier molecular flexibility index (Phi) is 3.50. The lowest BCUT2D eigenvalue weighted by Gasteiger charge is -2.37. The van der Waals surface area contributed by atoms with Crippen LogP contribution < -0.4 is 10.1 Å². The van der Waals surface area contributed by atoms with E-state index in [0.717, 1.165) is 6.07 Å². The topological polar surface area (TPSA) is 65.3 Å². The van der Waals surface area contributed by atoms with E-state index in [2.05, 4.69) is 5.32 Å². The number of hydrogen-bond donors (Lipinski definition) is 2. The molecule has 0 amide bonds. The van der Waals surface area contributed by atoms with Gasteiger partial charge < -0.3 is 15.2 Å². The fourth-order valence-electron chi connectivity index (χ4n) is 1.94. The van der Waals surface area contributed by atoms with Crippen molar-refractivity contribution in [1.29, 1.82) is 5.26 Å². The lowest BCUT2D eigenvalue weighted by molar-refractivity contribution is -0.0668. The number of nitrogens with one attached hydrogen (secondary N) is 1. The van der Waals surface area contributed by atoms with Crippen LogP contribution in [0.5, 0.6) is 5.75 Å². The summed E-state index contributed by atoms with van der Waals surface area (Å²) in [5.74, 6) is -0.529. The standard InChI is InChI=1S/C13H15FN2O2/c1-13(17)4-5-16-8-12(13)18-11-3-2-9(7-15)6-10(11)14/h2-3,6,12,16-17H,4-5,8H2,1H3. The van der Waals surface area contributed by atoms with Crippen molar-refractivity contribution in [3.05, 3.63) is 29.6 Å². The van der Waals surface area contributed by atoms with Crippen LogP contribution in [0.1, 0.15) is 18.9 Å². The van der Waals surface area contributed by atoms with Gasteiger partial charge in [-0.05, 0) is 38.1 Å². The first-order valence-corrected chi connectivity index (χ1v) is 5.82. The summed E-state index contributed by atoms with van der Waals surface area (Å²) < 4.78 is 19.2. The summed E-state index contributed by atoms with van der Waals surface area (Å²) in [5.41, 5.74) is -0.737. The van der Waals surface area contributed by atoms with E-state index in [-0.39, 0.29) is 11.3 Å². The monoisotopic (exact) mass is 250 g/mol. The first-order chi connectivity index (χ1) is 8.53. The normalized spacial score (nSPS) is 27.6. The molecule has 4 nitrogen and oxygen atoms in total. The molecule has 2 N–H and O–H groups in total. The number of aliphatic hydroxyl groups is 1. The first-order valence-electron chi connectivity index (χ1n) is 5.82. The summed E-state index contributed by atoms with van der Waals surface area (Å²) in [4.78, 5) is 0. The van der Waals surface area contributed by atoms with Gasteiger partial charge in [-0.25, -0.2) is 4.39 Å². The smallest absolute Gasteiger partial charge is 0.166 e. The van der Waals surface area contributed by atoms with Crippen LogP contribution in [-0.2, 0) is 0 Å². The molecule has 1 aromatic rings. The minimum atomic E-state index is -0.981. The molecule has 0 bridgehead atoms. The van der Waals surface area contributed by atoms with Crippen molar-refractivity contribution in [1.82, 2.24) is 5.32 Å². The molecule has 1 saturated heterocycles. The summed E-state index contributed by atoms with van der Waals surface area (Å²) in [7, 11) is 0. The molecule has 1 heterocycles. The Morgan fingerprint density at radius 3 is 3.00 bits per heavy atom. The quantitative estimate of drug-likeness (QED) is 0.827. The highest BCUT2D eigenvalue weighted by molar-refractivity contribution is 5.36. The van der Waals surface area contributed by atoms with Crippen molar-refractivity contribution in [3.8, 4) is 11.8 Å². The predicted molar refractivity (Wildman–Crippen MR) is 63.6 cm³/mol. The Hall–Kier alpha value is -1.64. The fraction of sp³-hybridized carbons (Fsp3) is 0.462. The predicted octanol–water partition coefficient (Wildman–Crippen LogP) is 1.19. The Bertz CT molecular complexity index is 482. The van der Waals surface area contributed by atoms with Gasteiger partial charge in [0.2, 0.25) is 0 Å². The zero-order chi connectivity index (χ0) is 13.2. The second-order valence-corrected chi connectivity index (χ2v) is 4.67. The maximum absolute atomic E-state index is 13.7. The number of rotatable bonds is 2. The van der Waals surface area contributed by atoms with Gasteiger partial charge in [-0.1, -0.05) is 0 Å². The molecule has 0 spiro atoms. The van der Waals surface area contributed by atoms with E-state index in [4.69, 9.17) is 10.00 Å².